The maximum atomic E-state index is 12.2. The number of carbonyl (C=O) groups excluding carboxylic acids is 1. The van der Waals surface area contributed by atoms with E-state index in [0.717, 1.165) is 12.8 Å². The third kappa shape index (κ3) is 2.31. The highest BCUT2D eigenvalue weighted by molar-refractivity contribution is 7.90. The van der Waals surface area contributed by atoms with Crippen LogP contribution in [0, 0.1) is 5.92 Å². The van der Waals surface area contributed by atoms with E-state index in [1.54, 1.807) is 30.5 Å². The molecule has 19 heavy (non-hydrogen) atoms. The molecule has 1 amide bonds. The number of hydrogen-bond donors (Lipinski definition) is 1. The Morgan fingerprint density at radius 2 is 2.00 bits per heavy atom. The minimum Gasteiger partial charge on any atom is -0.274 e. The van der Waals surface area contributed by atoms with E-state index >= 15 is 0 Å². The summed E-state index contributed by atoms with van der Waals surface area (Å²) in [6.45, 7) is 0. The van der Waals surface area contributed by atoms with E-state index in [9.17, 15) is 13.2 Å². The van der Waals surface area contributed by atoms with E-state index in [1.807, 2.05) is 0 Å². The first-order chi connectivity index (χ1) is 9.08. The van der Waals surface area contributed by atoms with E-state index in [1.165, 1.54) is 6.07 Å². The summed E-state index contributed by atoms with van der Waals surface area (Å²) < 4.78 is 26.6. The van der Waals surface area contributed by atoms with Crippen LogP contribution in [0.5, 0.6) is 0 Å². The predicted molar refractivity (Wildman–Crippen MR) is 69.8 cm³/mol. The summed E-state index contributed by atoms with van der Waals surface area (Å²) >= 11 is 0. The third-order valence-electron chi connectivity index (χ3n) is 3.08. The number of pyridine rings is 1. The Hall–Kier alpha value is -1.95. The lowest BCUT2D eigenvalue weighted by Crippen LogP contribution is -2.31. The molecule has 0 unspecified atom stereocenters. The van der Waals surface area contributed by atoms with Crippen molar-refractivity contribution in [3.63, 3.8) is 0 Å². The van der Waals surface area contributed by atoms with Crippen molar-refractivity contribution in [2.24, 2.45) is 5.92 Å². The molecule has 1 aromatic carbocycles. The van der Waals surface area contributed by atoms with Crippen molar-refractivity contribution >= 4 is 26.8 Å². The smallest absolute Gasteiger partial charge is 0.264 e. The largest absolute Gasteiger partial charge is 0.274 e. The molecule has 1 aliphatic rings. The second-order valence-corrected chi connectivity index (χ2v) is 6.22. The van der Waals surface area contributed by atoms with Crippen LogP contribution in [0.15, 0.2) is 41.4 Å². The molecular weight excluding hydrogens is 264 g/mol. The number of fused-ring (bicyclic) bond motifs is 1. The normalized spacial score (nSPS) is 15.4. The SMILES string of the molecule is O=C(NS(=O)(=O)c1cccc2ncccc12)C1CC1. The fraction of sp³-hybridized carbons (Fsp3) is 0.231. The molecule has 0 spiro atoms. The number of amides is 1. The summed E-state index contributed by atoms with van der Waals surface area (Å²) in [5.74, 6) is -0.566. The van der Waals surface area contributed by atoms with Gasteiger partial charge in [-0.1, -0.05) is 6.07 Å². The van der Waals surface area contributed by atoms with Crippen LogP contribution in [0.4, 0.5) is 0 Å². The predicted octanol–water partition coefficient (Wildman–Crippen LogP) is 1.45. The average molecular weight is 276 g/mol. The van der Waals surface area contributed by atoms with E-state index in [4.69, 9.17) is 0 Å². The molecule has 3 rings (SSSR count). The molecule has 0 radical (unpaired) electrons. The molecule has 1 fully saturated rings. The number of hydrogen-bond acceptors (Lipinski definition) is 4. The van der Waals surface area contributed by atoms with Gasteiger partial charge < -0.3 is 0 Å². The third-order valence-corrected chi connectivity index (χ3v) is 4.48. The van der Waals surface area contributed by atoms with Gasteiger partial charge in [-0.25, -0.2) is 13.1 Å². The number of nitrogens with one attached hydrogen (secondary N) is 1. The van der Waals surface area contributed by atoms with Crippen LogP contribution in [0.25, 0.3) is 10.9 Å². The van der Waals surface area contributed by atoms with Gasteiger partial charge in [0, 0.05) is 17.5 Å². The van der Waals surface area contributed by atoms with Crippen molar-refractivity contribution in [1.82, 2.24) is 9.71 Å². The van der Waals surface area contributed by atoms with E-state index in [0.29, 0.717) is 10.9 Å². The molecule has 1 N–H and O–H groups in total. The van der Waals surface area contributed by atoms with Crippen molar-refractivity contribution in [3.8, 4) is 0 Å². The minimum absolute atomic E-state index is 0.0899. The molecule has 0 aliphatic heterocycles. The number of nitrogens with zero attached hydrogens (tertiary/aromatic N) is 1. The second kappa shape index (κ2) is 4.31. The van der Waals surface area contributed by atoms with Crippen LogP contribution in [0.2, 0.25) is 0 Å². The Morgan fingerprint density at radius 1 is 1.21 bits per heavy atom. The zero-order chi connectivity index (χ0) is 13.5. The molecule has 1 aromatic heterocycles. The molecule has 0 saturated heterocycles. The number of benzene rings is 1. The average Bonchev–Trinajstić information content (AvgIpc) is 3.22. The molecule has 2 aromatic rings. The van der Waals surface area contributed by atoms with Crippen LogP contribution in [0.1, 0.15) is 12.8 Å². The van der Waals surface area contributed by atoms with Crippen molar-refractivity contribution < 1.29 is 13.2 Å². The molecule has 0 atom stereocenters. The van der Waals surface area contributed by atoms with Crippen molar-refractivity contribution in [1.29, 1.82) is 0 Å². The Bertz CT molecular complexity index is 746. The van der Waals surface area contributed by atoms with Gasteiger partial charge >= 0.3 is 0 Å². The molecule has 5 nitrogen and oxygen atoms in total. The molecule has 1 heterocycles. The summed E-state index contributed by atoms with van der Waals surface area (Å²) in [6.07, 6.45) is 3.12. The molecule has 0 bridgehead atoms. The van der Waals surface area contributed by atoms with Gasteiger partial charge in [0.1, 0.15) is 0 Å². The Labute approximate surface area is 110 Å². The maximum Gasteiger partial charge on any atom is 0.264 e. The number of rotatable bonds is 3. The van der Waals surface area contributed by atoms with Crippen molar-refractivity contribution in [3.05, 3.63) is 36.5 Å². The minimum atomic E-state index is -3.83. The van der Waals surface area contributed by atoms with Crippen LogP contribution < -0.4 is 4.72 Å². The van der Waals surface area contributed by atoms with Crippen LogP contribution >= 0.6 is 0 Å². The highest BCUT2D eigenvalue weighted by Gasteiger charge is 2.33. The Kier molecular flexibility index (Phi) is 2.74. The van der Waals surface area contributed by atoms with Gasteiger partial charge in [-0.15, -0.1) is 0 Å². The Morgan fingerprint density at radius 3 is 2.74 bits per heavy atom. The van der Waals surface area contributed by atoms with Gasteiger partial charge in [-0.2, -0.15) is 0 Å². The lowest BCUT2D eigenvalue weighted by Gasteiger charge is -2.08. The van der Waals surface area contributed by atoms with Gasteiger partial charge in [0.25, 0.3) is 10.0 Å². The fourth-order valence-corrected chi connectivity index (χ4v) is 3.19. The van der Waals surface area contributed by atoms with Crippen LogP contribution in [-0.2, 0) is 14.8 Å². The van der Waals surface area contributed by atoms with Crippen molar-refractivity contribution in [2.75, 3.05) is 0 Å². The van der Waals surface area contributed by atoms with E-state index in [2.05, 4.69) is 9.71 Å². The summed E-state index contributed by atoms with van der Waals surface area (Å²) in [5, 5.41) is 0.515. The van der Waals surface area contributed by atoms with Crippen LogP contribution in [-0.4, -0.2) is 19.3 Å². The second-order valence-electron chi connectivity index (χ2n) is 4.57. The molecule has 1 aliphatic carbocycles. The molecule has 6 heteroatoms. The lowest BCUT2D eigenvalue weighted by atomic mass is 10.2. The van der Waals surface area contributed by atoms with Crippen molar-refractivity contribution in [2.45, 2.75) is 17.7 Å². The van der Waals surface area contributed by atoms with Gasteiger partial charge in [0.05, 0.1) is 10.4 Å². The summed E-state index contributed by atoms with van der Waals surface area (Å²) in [5.41, 5.74) is 0.587. The van der Waals surface area contributed by atoms with Gasteiger partial charge in [0.2, 0.25) is 5.91 Å². The van der Waals surface area contributed by atoms with Gasteiger partial charge in [0.15, 0.2) is 0 Å². The van der Waals surface area contributed by atoms with Gasteiger partial charge in [-0.3, -0.25) is 9.78 Å². The highest BCUT2D eigenvalue weighted by atomic mass is 32.2. The summed E-state index contributed by atoms with van der Waals surface area (Å²) in [7, 11) is -3.83. The topological polar surface area (TPSA) is 76.1 Å². The first-order valence-electron chi connectivity index (χ1n) is 5.98. The summed E-state index contributed by atoms with van der Waals surface area (Å²) in [6, 6.07) is 8.18. The number of carbonyl (C=O) groups is 1. The maximum absolute atomic E-state index is 12.2. The van der Waals surface area contributed by atoms with E-state index < -0.39 is 15.9 Å². The monoisotopic (exact) mass is 276 g/mol. The first-order valence-corrected chi connectivity index (χ1v) is 7.47. The Balaban J connectivity index is 2.05. The van der Waals surface area contributed by atoms with E-state index in [-0.39, 0.29) is 10.8 Å². The molecule has 1 saturated carbocycles. The first kappa shape index (κ1) is 12.1. The zero-order valence-electron chi connectivity index (χ0n) is 10.0. The highest BCUT2D eigenvalue weighted by Crippen LogP contribution is 2.30. The molecule has 98 valence electrons. The fourth-order valence-electron chi connectivity index (χ4n) is 1.93. The number of aromatic nitrogens is 1. The summed E-state index contributed by atoms with van der Waals surface area (Å²) in [4.78, 5) is 15.8. The zero-order valence-corrected chi connectivity index (χ0v) is 10.9. The quantitative estimate of drug-likeness (QED) is 0.920. The standard InChI is InChI=1S/C13H12N2O3S/c16-13(9-6-7-9)15-19(17,18)12-5-1-4-11-10(12)3-2-8-14-11/h1-5,8-9H,6-7H2,(H,15,16). The van der Waals surface area contributed by atoms with Gasteiger partial charge in [-0.05, 0) is 37.1 Å². The lowest BCUT2D eigenvalue weighted by molar-refractivity contribution is -0.120. The number of sulfonamides is 1. The molecular formula is C13H12N2O3S. The van der Waals surface area contributed by atoms with Crippen LogP contribution in [0.3, 0.4) is 0 Å².